The molecule has 1 aliphatic carbocycles. The minimum Gasteiger partial charge on any atom is -0.348 e. The van der Waals surface area contributed by atoms with Gasteiger partial charge in [0.2, 0.25) is 0 Å². The average Bonchev–Trinajstić information content (AvgIpc) is 2.31. The van der Waals surface area contributed by atoms with Gasteiger partial charge in [-0.25, -0.2) is 0 Å². The van der Waals surface area contributed by atoms with Gasteiger partial charge in [0.25, 0.3) is 0 Å². The van der Waals surface area contributed by atoms with Crippen molar-refractivity contribution in [3.63, 3.8) is 0 Å². The molecule has 14 heavy (non-hydrogen) atoms. The lowest BCUT2D eigenvalue weighted by atomic mass is 10.1. The molecule has 1 aromatic rings. The lowest BCUT2D eigenvalue weighted by molar-refractivity contribution is 0.866. The highest BCUT2D eigenvalue weighted by Gasteiger charge is 2.10. The van der Waals surface area contributed by atoms with Crippen molar-refractivity contribution in [1.82, 2.24) is 4.57 Å². The third-order valence-corrected chi connectivity index (χ3v) is 2.94. The molecule has 1 nitrogen and oxygen atoms in total. The number of hydrogen-bond donors (Lipinski definition) is 0. The fourth-order valence-corrected chi connectivity index (χ4v) is 1.84. The summed E-state index contributed by atoms with van der Waals surface area (Å²) in [5.74, 6) is 0. The van der Waals surface area contributed by atoms with Crippen molar-refractivity contribution in [3.8, 4) is 0 Å². The summed E-state index contributed by atoms with van der Waals surface area (Å²) >= 11 is 0. The van der Waals surface area contributed by atoms with Crippen molar-refractivity contribution in [1.29, 1.82) is 0 Å². The first-order valence-corrected chi connectivity index (χ1v) is 4.89. The van der Waals surface area contributed by atoms with Crippen LogP contribution in [-0.2, 0) is 7.05 Å². The zero-order valence-electron chi connectivity index (χ0n) is 8.91. The lowest BCUT2D eigenvalue weighted by Crippen LogP contribution is -1.93. The van der Waals surface area contributed by atoms with Gasteiger partial charge in [0, 0.05) is 24.0 Å². The third-order valence-electron chi connectivity index (χ3n) is 2.94. The molecule has 0 fully saturated rings. The van der Waals surface area contributed by atoms with Crippen LogP contribution in [0, 0.1) is 13.8 Å². The van der Waals surface area contributed by atoms with Crippen LogP contribution in [0.25, 0.3) is 12.2 Å². The van der Waals surface area contributed by atoms with Crippen LogP contribution in [0.2, 0.25) is 0 Å². The van der Waals surface area contributed by atoms with Gasteiger partial charge in [-0.3, -0.25) is 0 Å². The second kappa shape index (κ2) is 3.33. The van der Waals surface area contributed by atoms with Crippen molar-refractivity contribution in [2.75, 3.05) is 0 Å². The maximum absolute atomic E-state index is 2.24. The Morgan fingerprint density at radius 1 is 0.929 bits per heavy atom. The van der Waals surface area contributed by atoms with Crippen LogP contribution >= 0.6 is 0 Å². The monoisotopic (exact) mass is 185 g/mol. The van der Waals surface area contributed by atoms with Gasteiger partial charge >= 0.3 is 0 Å². The smallest absolute Gasteiger partial charge is 0.0482 e. The molecule has 0 aliphatic heterocycles. The van der Waals surface area contributed by atoms with Crippen LogP contribution in [0.3, 0.4) is 0 Å². The van der Waals surface area contributed by atoms with E-state index >= 15 is 0 Å². The second-order valence-electron chi connectivity index (χ2n) is 3.67. The molecule has 1 heteroatoms. The van der Waals surface area contributed by atoms with Crippen LogP contribution < -0.4 is 0 Å². The van der Waals surface area contributed by atoms with Gasteiger partial charge in [-0.05, 0) is 25.5 Å². The summed E-state index contributed by atoms with van der Waals surface area (Å²) in [7, 11) is 2.12. The predicted octanol–water partition coefficient (Wildman–Crippen LogP) is 3.24. The standard InChI is InChI=1S/C13H15N/c1-10-11(2)14(3)13-9-7-5-4-6-8-12(10)13/h4-9H,1-3H3/b5-4-,6-4?,7-5?,8-6-,9-7-,12-8?,13-9?. The molecule has 0 saturated heterocycles. The topological polar surface area (TPSA) is 4.93 Å². The van der Waals surface area contributed by atoms with Crippen LogP contribution in [0.5, 0.6) is 0 Å². The van der Waals surface area contributed by atoms with Gasteiger partial charge in [-0.1, -0.05) is 30.4 Å². The Bertz CT molecular complexity index is 403. The Kier molecular flexibility index (Phi) is 2.16. The number of allylic oxidation sites excluding steroid dienone is 4. The lowest BCUT2D eigenvalue weighted by Gasteiger charge is -2.01. The van der Waals surface area contributed by atoms with E-state index in [-0.39, 0.29) is 0 Å². The van der Waals surface area contributed by atoms with E-state index in [1.807, 2.05) is 0 Å². The summed E-state index contributed by atoms with van der Waals surface area (Å²) in [6.07, 6.45) is 12.6. The van der Waals surface area contributed by atoms with Crippen molar-refractivity contribution in [3.05, 3.63) is 46.8 Å². The third kappa shape index (κ3) is 1.25. The Labute approximate surface area is 85.1 Å². The van der Waals surface area contributed by atoms with Crippen LogP contribution in [-0.4, -0.2) is 4.57 Å². The molecule has 0 aromatic carbocycles. The Morgan fingerprint density at radius 3 is 2.29 bits per heavy atom. The van der Waals surface area contributed by atoms with Gasteiger partial charge in [0.05, 0.1) is 0 Å². The first kappa shape index (κ1) is 9.07. The minimum absolute atomic E-state index is 1.29. The molecule has 0 radical (unpaired) electrons. The summed E-state index contributed by atoms with van der Waals surface area (Å²) < 4.78 is 2.24. The van der Waals surface area contributed by atoms with Gasteiger partial charge < -0.3 is 4.57 Å². The number of fused-ring (bicyclic) bond motifs is 1. The fraction of sp³-hybridized carbons (Fsp3) is 0.231. The molecule has 72 valence electrons. The molecular formula is C13H15N. The molecule has 0 saturated carbocycles. The van der Waals surface area contributed by atoms with E-state index in [2.05, 4.69) is 61.9 Å². The van der Waals surface area contributed by atoms with E-state index in [1.54, 1.807) is 0 Å². The molecule has 1 aromatic heterocycles. The molecule has 0 unspecified atom stereocenters. The minimum atomic E-state index is 1.29. The summed E-state index contributed by atoms with van der Waals surface area (Å²) in [5, 5.41) is 0. The second-order valence-corrected chi connectivity index (χ2v) is 3.67. The maximum Gasteiger partial charge on any atom is 0.0482 e. The Morgan fingerprint density at radius 2 is 1.57 bits per heavy atom. The van der Waals surface area contributed by atoms with E-state index in [1.165, 1.54) is 22.5 Å². The molecule has 0 spiro atoms. The first-order chi connectivity index (χ1) is 6.72. The van der Waals surface area contributed by atoms with Crippen molar-refractivity contribution >= 4 is 12.2 Å². The van der Waals surface area contributed by atoms with Gasteiger partial charge in [0.15, 0.2) is 0 Å². The quantitative estimate of drug-likeness (QED) is 0.584. The Hall–Kier alpha value is -1.50. The van der Waals surface area contributed by atoms with Crippen LogP contribution in [0.15, 0.2) is 24.3 Å². The summed E-state index contributed by atoms with van der Waals surface area (Å²) in [6, 6.07) is 0. The van der Waals surface area contributed by atoms with E-state index < -0.39 is 0 Å². The zero-order chi connectivity index (χ0) is 10.1. The zero-order valence-corrected chi connectivity index (χ0v) is 8.91. The number of hydrogen-bond acceptors (Lipinski definition) is 0. The summed E-state index contributed by atoms with van der Waals surface area (Å²) in [4.78, 5) is 0. The van der Waals surface area contributed by atoms with Gasteiger partial charge in [0.1, 0.15) is 0 Å². The highest BCUT2D eigenvalue weighted by atomic mass is 15.0. The Balaban J connectivity index is 2.71. The molecular weight excluding hydrogens is 170 g/mol. The normalized spacial score (nSPS) is 20.8. The van der Waals surface area contributed by atoms with E-state index in [0.29, 0.717) is 0 Å². The van der Waals surface area contributed by atoms with Gasteiger partial charge in [-0.15, -0.1) is 0 Å². The number of rotatable bonds is 0. The first-order valence-electron chi connectivity index (χ1n) is 4.89. The predicted molar refractivity (Wildman–Crippen MR) is 62.1 cm³/mol. The molecule has 1 heterocycles. The average molecular weight is 185 g/mol. The summed E-state index contributed by atoms with van der Waals surface area (Å²) in [5.41, 5.74) is 5.34. The molecule has 1 aliphatic rings. The fourth-order valence-electron chi connectivity index (χ4n) is 1.84. The van der Waals surface area contributed by atoms with Crippen molar-refractivity contribution in [2.45, 2.75) is 13.8 Å². The van der Waals surface area contributed by atoms with Gasteiger partial charge in [-0.2, -0.15) is 0 Å². The molecule has 0 amide bonds. The SMILES string of the molecule is Cc1c2c(n(C)c1C)\C=C/C=C\C=C/2. The number of nitrogens with zero attached hydrogens (tertiary/aromatic N) is 1. The van der Waals surface area contributed by atoms with Crippen LogP contribution in [0.1, 0.15) is 22.5 Å². The molecule has 0 bridgehead atoms. The highest BCUT2D eigenvalue weighted by Crippen LogP contribution is 2.24. The van der Waals surface area contributed by atoms with E-state index in [9.17, 15) is 0 Å². The van der Waals surface area contributed by atoms with Crippen molar-refractivity contribution < 1.29 is 0 Å². The van der Waals surface area contributed by atoms with E-state index in [0.717, 1.165) is 0 Å². The molecule has 0 N–H and O–H groups in total. The number of aromatic nitrogens is 1. The van der Waals surface area contributed by atoms with E-state index in [4.69, 9.17) is 0 Å². The molecule has 0 atom stereocenters. The maximum atomic E-state index is 2.24. The summed E-state index contributed by atoms with van der Waals surface area (Å²) in [6.45, 7) is 4.34. The molecule has 2 rings (SSSR count). The van der Waals surface area contributed by atoms with Crippen LogP contribution in [0.4, 0.5) is 0 Å². The van der Waals surface area contributed by atoms with Crippen molar-refractivity contribution in [2.24, 2.45) is 7.05 Å². The highest BCUT2D eigenvalue weighted by molar-refractivity contribution is 5.70. The largest absolute Gasteiger partial charge is 0.348 e.